The van der Waals surface area contributed by atoms with Crippen molar-refractivity contribution in [3.8, 4) is 28.3 Å². The van der Waals surface area contributed by atoms with Gasteiger partial charge in [-0.05, 0) is 23.8 Å². The number of hydrogen-bond acceptors (Lipinski definition) is 5. The molecule has 1 heterocycles. The van der Waals surface area contributed by atoms with E-state index < -0.39 is 5.97 Å². The first kappa shape index (κ1) is 20.2. The Morgan fingerprint density at radius 3 is 2.35 bits per heavy atom. The number of hydrogen-bond donors (Lipinski definition) is 0. The molecule has 0 fully saturated rings. The quantitative estimate of drug-likeness (QED) is 0.285. The number of carbonyl (C=O) groups excluding carboxylic acids is 1. The molecule has 0 aliphatic rings. The van der Waals surface area contributed by atoms with Crippen molar-refractivity contribution in [3.05, 3.63) is 102 Å². The Balaban J connectivity index is 1.57. The van der Waals surface area contributed by atoms with Crippen LogP contribution in [0, 0.1) is 0 Å². The fourth-order valence-corrected chi connectivity index (χ4v) is 3.09. The zero-order valence-corrected chi connectivity index (χ0v) is 17.0. The van der Waals surface area contributed by atoms with E-state index in [1.807, 2.05) is 84.9 Å². The highest BCUT2D eigenvalue weighted by molar-refractivity contribution is 5.87. The molecule has 31 heavy (non-hydrogen) atoms. The van der Waals surface area contributed by atoms with Crippen molar-refractivity contribution in [3.63, 3.8) is 0 Å². The van der Waals surface area contributed by atoms with Gasteiger partial charge in [-0.2, -0.15) is 0 Å². The summed E-state index contributed by atoms with van der Waals surface area (Å²) in [5.74, 6) is 1.43. The van der Waals surface area contributed by atoms with Crippen molar-refractivity contribution >= 4 is 12.0 Å². The molecule has 5 heteroatoms. The van der Waals surface area contributed by atoms with Crippen LogP contribution in [-0.2, 0) is 16.1 Å². The Hall–Kier alpha value is -4.12. The van der Waals surface area contributed by atoms with Crippen LogP contribution in [0.1, 0.15) is 11.5 Å². The zero-order chi connectivity index (χ0) is 21.5. The van der Waals surface area contributed by atoms with Gasteiger partial charge in [-0.25, -0.2) is 9.78 Å². The predicted molar refractivity (Wildman–Crippen MR) is 119 cm³/mol. The van der Waals surface area contributed by atoms with E-state index >= 15 is 0 Å². The number of ether oxygens (including phenoxy) is 2. The summed E-state index contributed by atoms with van der Waals surface area (Å²) >= 11 is 0. The molecule has 3 aromatic carbocycles. The Bertz CT molecular complexity index is 1120. The first-order chi connectivity index (χ1) is 15.2. The molecule has 0 radical (unpaired) electrons. The van der Waals surface area contributed by atoms with Crippen molar-refractivity contribution < 1.29 is 18.7 Å². The topological polar surface area (TPSA) is 61.6 Å². The van der Waals surface area contributed by atoms with Crippen LogP contribution >= 0.6 is 0 Å². The number of esters is 1. The van der Waals surface area contributed by atoms with E-state index in [-0.39, 0.29) is 6.61 Å². The van der Waals surface area contributed by atoms with Gasteiger partial charge in [0.25, 0.3) is 0 Å². The number of methoxy groups -OCH3 is 1. The molecule has 4 aromatic rings. The minimum absolute atomic E-state index is 0.177. The fraction of sp³-hybridized carbons (Fsp3) is 0.0769. The number of nitrogens with zero attached hydrogens (tertiary/aromatic N) is 1. The van der Waals surface area contributed by atoms with Crippen molar-refractivity contribution in [1.29, 1.82) is 0 Å². The molecule has 0 saturated carbocycles. The largest absolute Gasteiger partial charge is 0.484 e. The van der Waals surface area contributed by atoms with E-state index in [1.54, 1.807) is 6.08 Å². The van der Waals surface area contributed by atoms with Gasteiger partial charge in [0.2, 0.25) is 5.89 Å². The van der Waals surface area contributed by atoms with E-state index in [2.05, 4.69) is 4.74 Å². The minimum atomic E-state index is -0.409. The highest BCUT2D eigenvalue weighted by Gasteiger charge is 2.17. The van der Waals surface area contributed by atoms with E-state index in [0.29, 0.717) is 17.4 Å². The van der Waals surface area contributed by atoms with Crippen LogP contribution in [0.3, 0.4) is 0 Å². The number of oxazole rings is 1. The Kier molecular flexibility index (Phi) is 6.24. The molecule has 0 unspecified atom stereocenters. The van der Waals surface area contributed by atoms with Crippen molar-refractivity contribution in [2.24, 2.45) is 0 Å². The maximum absolute atomic E-state index is 11.3. The number of rotatable bonds is 7. The maximum atomic E-state index is 11.3. The number of aromatic nitrogens is 1. The smallest absolute Gasteiger partial charge is 0.330 e. The second-order valence-electron chi connectivity index (χ2n) is 6.74. The van der Waals surface area contributed by atoms with Gasteiger partial charge in [0.05, 0.1) is 7.11 Å². The van der Waals surface area contributed by atoms with Gasteiger partial charge in [-0.15, -0.1) is 0 Å². The highest BCUT2D eigenvalue weighted by atomic mass is 16.5. The minimum Gasteiger partial charge on any atom is -0.484 e. The third-order valence-electron chi connectivity index (χ3n) is 4.59. The van der Waals surface area contributed by atoms with Crippen molar-refractivity contribution in [2.45, 2.75) is 6.61 Å². The monoisotopic (exact) mass is 411 g/mol. The molecule has 0 bridgehead atoms. The summed E-state index contributed by atoms with van der Waals surface area (Å²) in [6.07, 6.45) is 3.04. The molecule has 0 spiro atoms. The summed E-state index contributed by atoms with van der Waals surface area (Å²) in [5, 5.41) is 0. The lowest BCUT2D eigenvalue weighted by Crippen LogP contribution is -1.96. The zero-order valence-electron chi connectivity index (χ0n) is 17.0. The lowest BCUT2D eigenvalue weighted by Gasteiger charge is -2.04. The summed E-state index contributed by atoms with van der Waals surface area (Å²) < 4.78 is 16.6. The van der Waals surface area contributed by atoms with Gasteiger partial charge >= 0.3 is 5.97 Å². The van der Waals surface area contributed by atoms with Gasteiger partial charge < -0.3 is 13.9 Å². The average molecular weight is 411 g/mol. The molecule has 0 aliphatic carbocycles. The van der Waals surface area contributed by atoms with Crippen LogP contribution in [0.5, 0.6) is 5.75 Å². The van der Waals surface area contributed by atoms with E-state index in [0.717, 1.165) is 22.4 Å². The lowest BCUT2D eigenvalue weighted by atomic mass is 10.1. The summed E-state index contributed by atoms with van der Waals surface area (Å²) in [7, 11) is 1.34. The summed E-state index contributed by atoms with van der Waals surface area (Å²) in [6, 6.07) is 27.2. The van der Waals surface area contributed by atoms with Crippen LogP contribution in [0.2, 0.25) is 0 Å². The van der Waals surface area contributed by atoms with Gasteiger partial charge in [-0.1, -0.05) is 72.8 Å². The van der Waals surface area contributed by atoms with Crippen molar-refractivity contribution in [1.82, 2.24) is 4.98 Å². The predicted octanol–water partition coefficient (Wildman–Crippen LogP) is 5.77. The molecule has 0 amide bonds. The van der Waals surface area contributed by atoms with Crippen LogP contribution in [-0.4, -0.2) is 18.1 Å². The maximum Gasteiger partial charge on any atom is 0.330 e. The Labute approximate surface area is 180 Å². The summed E-state index contributed by atoms with van der Waals surface area (Å²) in [5.41, 5.74) is 3.53. The Morgan fingerprint density at radius 1 is 0.935 bits per heavy atom. The van der Waals surface area contributed by atoms with Gasteiger partial charge in [0.1, 0.15) is 11.4 Å². The van der Waals surface area contributed by atoms with Crippen molar-refractivity contribution in [2.75, 3.05) is 7.11 Å². The SMILES string of the molecule is COC(=O)/C=C/c1cccc(OCc2nc(-c3ccccc3)c(-c3ccccc3)o2)c1. The van der Waals surface area contributed by atoms with Crippen LogP contribution < -0.4 is 4.74 Å². The highest BCUT2D eigenvalue weighted by Crippen LogP contribution is 2.32. The molecule has 0 saturated heterocycles. The summed E-state index contributed by atoms with van der Waals surface area (Å²) in [4.78, 5) is 16.0. The molecular weight excluding hydrogens is 390 g/mol. The molecule has 154 valence electrons. The second-order valence-corrected chi connectivity index (χ2v) is 6.74. The van der Waals surface area contributed by atoms with E-state index in [4.69, 9.17) is 14.1 Å². The van der Waals surface area contributed by atoms with Crippen LogP contribution in [0.4, 0.5) is 0 Å². The van der Waals surface area contributed by atoms with Crippen LogP contribution in [0.25, 0.3) is 28.7 Å². The first-order valence-electron chi connectivity index (χ1n) is 9.82. The van der Waals surface area contributed by atoms with Gasteiger partial charge in [0.15, 0.2) is 12.4 Å². The van der Waals surface area contributed by atoms with Gasteiger partial charge in [0, 0.05) is 17.2 Å². The second kappa shape index (κ2) is 9.59. The molecule has 0 atom stereocenters. The molecule has 5 nitrogen and oxygen atoms in total. The third-order valence-corrected chi connectivity index (χ3v) is 4.59. The summed E-state index contributed by atoms with van der Waals surface area (Å²) in [6.45, 7) is 0.177. The number of carbonyl (C=O) groups is 1. The molecule has 0 aliphatic heterocycles. The molecule has 0 N–H and O–H groups in total. The van der Waals surface area contributed by atoms with E-state index in [1.165, 1.54) is 13.2 Å². The first-order valence-corrected chi connectivity index (χ1v) is 9.82. The van der Waals surface area contributed by atoms with Crippen LogP contribution in [0.15, 0.2) is 95.4 Å². The average Bonchev–Trinajstić information content (AvgIpc) is 3.27. The number of benzene rings is 3. The van der Waals surface area contributed by atoms with Gasteiger partial charge in [-0.3, -0.25) is 0 Å². The third kappa shape index (κ3) is 5.08. The standard InChI is InChI=1S/C26H21NO4/c1-29-24(28)16-15-19-9-8-14-22(17-19)30-18-23-27-25(20-10-4-2-5-11-20)26(31-23)21-12-6-3-7-13-21/h2-17H,18H2,1H3/b16-15+. The molecule has 1 aromatic heterocycles. The molecule has 4 rings (SSSR count). The van der Waals surface area contributed by atoms with E-state index in [9.17, 15) is 4.79 Å². The molecular formula is C26H21NO4. The fourth-order valence-electron chi connectivity index (χ4n) is 3.09. The lowest BCUT2D eigenvalue weighted by molar-refractivity contribution is -0.134. The normalized spacial score (nSPS) is 10.9. The Morgan fingerprint density at radius 2 is 1.65 bits per heavy atom.